The SMILES string of the molecule is O=C(c1cc2cccc(F)c2o1)c1ccoc1Br. The maximum absolute atomic E-state index is 13.5. The molecule has 0 saturated carbocycles. The Labute approximate surface area is 109 Å². The van der Waals surface area contributed by atoms with Crippen molar-refractivity contribution in [2.45, 2.75) is 0 Å². The maximum Gasteiger partial charge on any atom is 0.232 e. The molecule has 0 bridgehead atoms. The van der Waals surface area contributed by atoms with E-state index in [0.717, 1.165) is 0 Å². The van der Waals surface area contributed by atoms with Crippen LogP contribution in [-0.2, 0) is 0 Å². The van der Waals surface area contributed by atoms with E-state index in [1.165, 1.54) is 24.5 Å². The molecular weight excluding hydrogens is 303 g/mol. The van der Waals surface area contributed by atoms with Crippen molar-refractivity contribution in [3.05, 3.63) is 58.4 Å². The van der Waals surface area contributed by atoms with Crippen LogP contribution in [0.15, 0.2) is 50.1 Å². The Morgan fingerprint density at radius 1 is 1.28 bits per heavy atom. The van der Waals surface area contributed by atoms with Crippen LogP contribution >= 0.6 is 15.9 Å². The maximum atomic E-state index is 13.5. The summed E-state index contributed by atoms with van der Waals surface area (Å²) in [7, 11) is 0. The molecule has 0 saturated heterocycles. The highest BCUT2D eigenvalue weighted by atomic mass is 79.9. The zero-order valence-corrected chi connectivity index (χ0v) is 10.5. The topological polar surface area (TPSA) is 43.4 Å². The first-order valence-corrected chi connectivity index (χ1v) is 5.92. The quantitative estimate of drug-likeness (QED) is 0.668. The van der Waals surface area contributed by atoms with E-state index in [2.05, 4.69) is 15.9 Å². The number of furan rings is 2. The highest BCUT2D eigenvalue weighted by molar-refractivity contribution is 9.10. The van der Waals surface area contributed by atoms with Gasteiger partial charge >= 0.3 is 0 Å². The van der Waals surface area contributed by atoms with Gasteiger partial charge < -0.3 is 8.83 Å². The number of hydrogen-bond acceptors (Lipinski definition) is 3. The van der Waals surface area contributed by atoms with Gasteiger partial charge in [0.2, 0.25) is 5.78 Å². The number of hydrogen-bond donors (Lipinski definition) is 0. The highest BCUT2D eigenvalue weighted by Crippen LogP contribution is 2.26. The summed E-state index contributed by atoms with van der Waals surface area (Å²) in [6.07, 6.45) is 1.39. The van der Waals surface area contributed by atoms with Crippen LogP contribution in [0.2, 0.25) is 0 Å². The summed E-state index contributed by atoms with van der Waals surface area (Å²) in [5.41, 5.74) is 0.426. The number of fused-ring (bicyclic) bond motifs is 1. The molecule has 0 aliphatic heterocycles. The van der Waals surface area contributed by atoms with E-state index in [0.29, 0.717) is 15.6 Å². The van der Waals surface area contributed by atoms with E-state index in [1.807, 2.05) is 0 Å². The number of para-hydroxylation sites is 1. The molecule has 0 unspecified atom stereocenters. The van der Waals surface area contributed by atoms with E-state index in [4.69, 9.17) is 8.83 Å². The van der Waals surface area contributed by atoms with Gasteiger partial charge in [0.25, 0.3) is 0 Å². The zero-order valence-electron chi connectivity index (χ0n) is 8.94. The van der Waals surface area contributed by atoms with Crippen LogP contribution in [0.4, 0.5) is 4.39 Å². The third-order valence-corrected chi connectivity index (χ3v) is 3.20. The van der Waals surface area contributed by atoms with Gasteiger partial charge in [0.15, 0.2) is 21.8 Å². The van der Waals surface area contributed by atoms with Gasteiger partial charge in [-0.15, -0.1) is 0 Å². The van der Waals surface area contributed by atoms with Crippen molar-refractivity contribution >= 4 is 32.7 Å². The van der Waals surface area contributed by atoms with Crippen molar-refractivity contribution in [1.29, 1.82) is 0 Å². The molecule has 2 aromatic heterocycles. The standard InChI is InChI=1S/C13H6BrFO3/c14-13-8(4-5-17-13)11(16)10-6-7-2-1-3-9(15)12(7)18-10/h1-6H. The highest BCUT2D eigenvalue weighted by Gasteiger charge is 2.19. The summed E-state index contributed by atoms with van der Waals surface area (Å²) < 4.78 is 24.0. The van der Waals surface area contributed by atoms with Crippen molar-refractivity contribution in [2.75, 3.05) is 0 Å². The molecule has 0 spiro atoms. The van der Waals surface area contributed by atoms with E-state index in [-0.39, 0.29) is 17.1 Å². The summed E-state index contributed by atoms with van der Waals surface area (Å²) in [5.74, 6) is -0.763. The lowest BCUT2D eigenvalue weighted by atomic mass is 10.1. The number of rotatable bonds is 2. The van der Waals surface area contributed by atoms with E-state index in [9.17, 15) is 9.18 Å². The van der Waals surface area contributed by atoms with Crippen LogP contribution in [0.5, 0.6) is 0 Å². The molecule has 3 nitrogen and oxygen atoms in total. The predicted octanol–water partition coefficient (Wildman–Crippen LogP) is 4.16. The predicted molar refractivity (Wildman–Crippen MR) is 66.0 cm³/mol. The van der Waals surface area contributed by atoms with E-state index < -0.39 is 5.82 Å². The van der Waals surface area contributed by atoms with Gasteiger partial charge in [-0.1, -0.05) is 12.1 Å². The minimum Gasteiger partial charge on any atom is -0.457 e. The third-order valence-electron chi connectivity index (χ3n) is 2.58. The van der Waals surface area contributed by atoms with Crippen molar-refractivity contribution < 1.29 is 18.0 Å². The van der Waals surface area contributed by atoms with Gasteiger partial charge in [-0.2, -0.15) is 0 Å². The van der Waals surface area contributed by atoms with Gasteiger partial charge in [0.05, 0.1) is 11.8 Å². The summed E-state index contributed by atoms with van der Waals surface area (Å²) in [5, 5.41) is 0.554. The lowest BCUT2D eigenvalue weighted by molar-refractivity contribution is 0.101. The monoisotopic (exact) mass is 308 g/mol. The minimum atomic E-state index is -0.488. The van der Waals surface area contributed by atoms with Crippen LogP contribution < -0.4 is 0 Å². The van der Waals surface area contributed by atoms with Crippen LogP contribution in [-0.4, -0.2) is 5.78 Å². The largest absolute Gasteiger partial charge is 0.457 e. The summed E-state index contributed by atoms with van der Waals surface area (Å²) in [4.78, 5) is 12.1. The van der Waals surface area contributed by atoms with Crippen LogP contribution in [0.3, 0.4) is 0 Å². The minimum absolute atomic E-state index is 0.0807. The van der Waals surface area contributed by atoms with Crippen molar-refractivity contribution in [3.63, 3.8) is 0 Å². The van der Waals surface area contributed by atoms with Crippen LogP contribution in [0.25, 0.3) is 11.0 Å². The first-order valence-electron chi connectivity index (χ1n) is 5.12. The smallest absolute Gasteiger partial charge is 0.232 e. The molecule has 3 aromatic rings. The summed E-state index contributed by atoms with van der Waals surface area (Å²) >= 11 is 3.12. The number of ketones is 1. The van der Waals surface area contributed by atoms with Crippen molar-refractivity contribution in [1.82, 2.24) is 0 Å². The van der Waals surface area contributed by atoms with Gasteiger partial charge in [-0.25, -0.2) is 4.39 Å². The van der Waals surface area contributed by atoms with Gasteiger partial charge in [-0.05, 0) is 34.1 Å². The number of carbonyl (C=O) groups is 1. The summed E-state index contributed by atoms with van der Waals surface area (Å²) in [6.45, 7) is 0. The number of benzene rings is 1. The lowest BCUT2D eigenvalue weighted by Crippen LogP contribution is -1.97. The Morgan fingerprint density at radius 2 is 2.11 bits per heavy atom. The van der Waals surface area contributed by atoms with E-state index in [1.54, 1.807) is 12.1 Å². The first kappa shape index (κ1) is 11.2. The molecule has 0 aliphatic rings. The van der Waals surface area contributed by atoms with Gasteiger partial charge in [-0.3, -0.25) is 4.79 Å². The molecule has 3 rings (SSSR count). The molecule has 0 radical (unpaired) electrons. The number of halogens is 2. The molecular formula is C13H6BrFO3. The Bertz CT molecular complexity index is 742. The molecule has 0 atom stereocenters. The first-order chi connectivity index (χ1) is 8.66. The third kappa shape index (κ3) is 1.67. The molecule has 90 valence electrons. The second kappa shape index (κ2) is 4.10. The molecule has 0 fully saturated rings. The average Bonchev–Trinajstić information content (AvgIpc) is 2.95. The number of carbonyl (C=O) groups excluding carboxylic acids is 1. The Hall–Kier alpha value is -1.88. The fraction of sp³-hybridized carbons (Fsp3) is 0. The molecule has 0 amide bonds. The molecule has 2 heterocycles. The second-order valence-corrected chi connectivity index (χ2v) is 4.43. The Balaban J connectivity index is 2.13. The average molecular weight is 309 g/mol. The van der Waals surface area contributed by atoms with Crippen LogP contribution in [0, 0.1) is 5.82 Å². The normalized spacial score (nSPS) is 11.0. The molecule has 0 N–H and O–H groups in total. The lowest BCUT2D eigenvalue weighted by Gasteiger charge is -1.92. The van der Waals surface area contributed by atoms with Crippen molar-refractivity contribution in [2.24, 2.45) is 0 Å². The fourth-order valence-corrected chi connectivity index (χ4v) is 2.15. The van der Waals surface area contributed by atoms with Crippen molar-refractivity contribution in [3.8, 4) is 0 Å². The second-order valence-electron chi connectivity index (χ2n) is 3.71. The summed E-state index contributed by atoms with van der Waals surface area (Å²) in [6, 6.07) is 7.57. The molecule has 0 aliphatic carbocycles. The van der Waals surface area contributed by atoms with Gasteiger partial charge in [0, 0.05) is 5.39 Å². The molecule has 18 heavy (non-hydrogen) atoms. The fourth-order valence-electron chi connectivity index (χ4n) is 1.73. The van der Waals surface area contributed by atoms with Crippen LogP contribution in [0.1, 0.15) is 16.1 Å². The molecule has 1 aromatic carbocycles. The van der Waals surface area contributed by atoms with E-state index >= 15 is 0 Å². The zero-order chi connectivity index (χ0) is 12.7. The van der Waals surface area contributed by atoms with Gasteiger partial charge in [0.1, 0.15) is 0 Å². The Kier molecular flexibility index (Phi) is 2.56. The molecule has 5 heteroatoms. The Morgan fingerprint density at radius 3 is 2.78 bits per heavy atom.